The van der Waals surface area contributed by atoms with Gasteiger partial charge in [-0.3, -0.25) is 0 Å². The number of benzene rings is 1. The summed E-state index contributed by atoms with van der Waals surface area (Å²) in [5.41, 5.74) is 1.01. The first kappa shape index (κ1) is 15.4. The van der Waals surface area contributed by atoms with Gasteiger partial charge >= 0.3 is 5.97 Å². The molecule has 1 unspecified atom stereocenters. The number of carbonyl (C=O) groups is 2. The van der Waals surface area contributed by atoms with Gasteiger partial charge in [-0.25, -0.2) is 4.79 Å². The summed E-state index contributed by atoms with van der Waals surface area (Å²) in [6.45, 7) is 3.83. The van der Waals surface area contributed by atoms with Crippen LogP contribution in [0.2, 0.25) is 0 Å². The normalized spacial score (nSPS) is 11.9. The van der Waals surface area contributed by atoms with E-state index in [2.05, 4.69) is 0 Å². The molecule has 0 aliphatic rings. The number of ketones is 1. The number of ether oxygens (including phenoxy) is 2. The van der Waals surface area contributed by atoms with Crippen molar-refractivity contribution in [2.24, 2.45) is 0 Å². The highest BCUT2D eigenvalue weighted by Crippen LogP contribution is 2.05. The van der Waals surface area contributed by atoms with E-state index in [0.717, 1.165) is 5.56 Å². The molecular weight excluding hydrogens is 244 g/mol. The number of rotatable bonds is 8. The van der Waals surface area contributed by atoms with Gasteiger partial charge in [0.2, 0.25) is 0 Å². The first-order chi connectivity index (χ1) is 9.09. The molecule has 0 bridgehead atoms. The Morgan fingerprint density at radius 1 is 1.21 bits per heavy atom. The molecule has 0 heterocycles. The third-order valence-corrected chi connectivity index (χ3v) is 2.59. The SMILES string of the molecule is CC(=O)CCCOC(=O)C(C)OCc1ccccc1. The second kappa shape index (κ2) is 8.43. The number of hydrogen-bond donors (Lipinski definition) is 0. The summed E-state index contributed by atoms with van der Waals surface area (Å²) in [6, 6.07) is 9.64. The van der Waals surface area contributed by atoms with Crippen LogP contribution in [-0.4, -0.2) is 24.5 Å². The molecule has 0 saturated heterocycles. The van der Waals surface area contributed by atoms with Gasteiger partial charge in [0.25, 0.3) is 0 Å². The minimum Gasteiger partial charge on any atom is -0.464 e. The van der Waals surface area contributed by atoms with Crippen molar-refractivity contribution in [1.29, 1.82) is 0 Å². The summed E-state index contributed by atoms with van der Waals surface area (Å²) in [5, 5.41) is 0. The molecule has 104 valence electrons. The summed E-state index contributed by atoms with van der Waals surface area (Å²) in [7, 11) is 0. The fourth-order valence-electron chi connectivity index (χ4n) is 1.47. The Kier molecular flexibility index (Phi) is 6.82. The maximum atomic E-state index is 11.6. The Bertz CT molecular complexity index is 400. The van der Waals surface area contributed by atoms with Crippen molar-refractivity contribution in [2.75, 3.05) is 6.61 Å². The highest BCUT2D eigenvalue weighted by atomic mass is 16.6. The van der Waals surface area contributed by atoms with Crippen LogP contribution in [0.5, 0.6) is 0 Å². The average Bonchev–Trinajstić information content (AvgIpc) is 2.41. The van der Waals surface area contributed by atoms with Crippen molar-refractivity contribution in [3.63, 3.8) is 0 Å². The molecule has 0 amide bonds. The molecule has 0 aliphatic heterocycles. The van der Waals surface area contributed by atoms with Gasteiger partial charge in [0.1, 0.15) is 5.78 Å². The van der Waals surface area contributed by atoms with E-state index in [4.69, 9.17) is 9.47 Å². The van der Waals surface area contributed by atoms with Crippen LogP contribution in [-0.2, 0) is 25.7 Å². The second-order valence-electron chi connectivity index (χ2n) is 4.41. The fraction of sp³-hybridized carbons (Fsp3) is 0.467. The minimum absolute atomic E-state index is 0.101. The number of Topliss-reactive ketones (excluding diaryl/α,β-unsaturated/α-hetero) is 1. The topological polar surface area (TPSA) is 52.6 Å². The first-order valence-corrected chi connectivity index (χ1v) is 6.41. The average molecular weight is 264 g/mol. The van der Waals surface area contributed by atoms with Gasteiger partial charge in [-0.05, 0) is 25.8 Å². The molecule has 1 atom stereocenters. The van der Waals surface area contributed by atoms with Gasteiger partial charge in [-0.1, -0.05) is 30.3 Å². The van der Waals surface area contributed by atoms with E-state index in [1.807, 2.05) is 30.3 Å². The number of carbonyl (C=O) groups excluding carboxylic acids is 2. The summed E-state index contributed by atoms with van der Waals surface area (Å²) in [5.74, 6) is -0.288. The van der Waals surface area contributed by atoms with E-state index < -0.39 is 6.10 Å². The quantitative estimate of drug-likeness (QED) is 0.534. The van der Waals surface area contributed by atoms with Crippen LogP contribution < -0.4 is 0 Å². The van der Waals surface area contributed by atoms with Gasteiger partial charge in [0.05, 0.1) is 13.2 Å². The third-order valence-electron chi connectivity index (χ3n) is 2.59. The van der Waals surface area contributed by atoms with Crippen molar-refractivity contribution in [3.8, 4) is 0 Å². The lowest BCUT2D eigenvalue weighted by Crippen LogP contribution is -2.23. The van der Waals surface area contributed by atoms with Crippen molar-refractivity contribution < 1.29 is 19.1 Å². The van der Waals surface area contributed by atoms with Crippen molar-refractivity contribution in [2.45, 2.75) is 39.4 Å². The van der Waals surface area contributed by atoms with Crippen molar-refractivity contribution >= 4 is 11.8 Å². The van der Waals surface area contributed by atoms with Gasteiger partial charge in [0.15, 0.2) is 6.10 Å². The minimum atomic E-state index is -0.600. The molecule has 1 aromatic rings. The predicted molar refractivity (Wildman–Crippen MR) is 71.6 cm³/mol. The summed E-state index contributed by atoms with van der Waals surface area (Å²) in [6.07, 6.45) is 0.400. The molecule has 0 aromatic heterocycles. The van der Waals surface area contributed by atoms with Crippen LogP contribution >= 0.6 is 0 Å². The molecular formula is C15H20O4. The zero-order valence-corrected chi connectivity index (χ0v) is 11.4. The Morgan fingerprint density at radius 2 is 1.89 bits per heavy atom. The van der Waals surface area contributed by atoms with Crippen molar-refractivity contribution in [1.82, 2.24) is 0 Å². The third kappa shape index (κ3) is 6.72. The number of hydrogen-bond acceptors (Lipinski definition) is 4. The lowest BCUT2D eigenvalue weighted by molar-refractivity contribution is -0.157. The fourth-order valence-corrected chi connectivity index (χ4v) is 1.47. The van der Waals surface area contributed by atoms with Crippen LogP contribution in [0.3, 0.4) is 0 Å². The van der Waals surface area contributed by atoms with Crippen LogP contribution in [0, 0.1) is 0 Å². The molecule has 1 rings (SSSR count). The largest absolute Gasteiger partial charge is 0.464 e. The first-order valence-electron chi connectivity index (χ1n) is 6.41. The van der Waals surface area contributed by atoms with E-state index in [0.29, 0.717) is 19.4 Å². The molecule has 4 heteroatoms. The van der Waals surface area contributed by atoms with E-state index in [9.17, 15) is 9.59 Å². The van der Waals surface area contributed by atoms with Crippen molar-refractivity contribution in [3.05, 3.63) is 35.9 Å². The lowest BCUT2D eigenvalue weighted by Gasteiger charge is -2.12. The molecule has 1 aromatic carbocycles. The van der Waals surface area contributed by atoms with Crippen LogP contribution in [0.4, 0.5) is 0 Å². The zero-order chi connectivity index (χ0) is 14.1. The molecule has 0 aliphatic carbocycles. The van der Waals surface area contributed by atoms with Gasteiger partial charge in [-0.2, -0.15) is 0 Å². The molecule has 0 saturated carbocycles. The molecule has 0 fully saturated rings. The summed E-state index contributed by atoms with van der Waals surface area (Å²) < 4.78 is 10.5. The maximum absolute atomic E-state index is 11.6. The Balaban J connectivity index is 2.20. The van der Waals surface area contributed by atoms with E-state index in [1.165, 1.54) is 6.92 Å². The van der Waals surface area contributed by atoms with Crippen LogP contribution in [0.15, 0.2) is 30.3 Å². The summed E-state index contributed by atoms with van der Waals surface area (Å²) in [4.78, 5) is 22.3. The maximum Gasteiger partial charge on any atom is 0.334 e. The standard InChI is InChI=1S/C15H20O4/c1-12(16)7-6-10-18-15(17)13(2)19-11-14-8-4-3-5-9-14/h3-5,8-9,13H,6-7,10-11H2,1-2H3. The van der Waals surface area contributed by atoms with E-state index >= 15 is 0 Å². The van der Waals surface area contributed by atoms with Crippen LogP contribution in [0.1, 0.15) is 32.3 Å². The molecule has 0 radical (unpaired) electrons. The smallest absolute Gasteiger partial charge is 0.334 e. The second-order valence-corrected chi connectivity index (χ2v) is 4.41. The van der Waals surface area contributed by atoms with Gasteiger partial charge < -0.3 is 14.3 Å². The van der Waals surface area contributed by atoms with Gasteiger partial charge in [-0.15, -0.1) is 0 Å². The Hall–Kier alpha value is -1.68. The monoisotopic (exact) mass is 264 g/mol. The lowest BCUT2D eigenvalue weighted by atomic mass is 10.2. The van der Waals surface area contributed by atoms with E-state index in [1.54, 1.807) is 6.92 Å². The highest BCUT2D eigenvalue weighted by molar-refractivity contribution is 5.75. The van der Waals surface area contributed by atoms with E-state index in [-0.39, 0.29) is 18.4 Å². The Morgan fingerprint density at radius 3 is 2.53 bits per heavy atom. The number of esters is 1. The molecule has 0 N–H and O–H groups in total. The molecule has 19 heavy (non-hydrogen) atoms. The molecule has 0 spiro atoms. The van der Waals surface area contributed by atoms with Gasteiger partial charge in [0, 0.05) is 6.42 Å². The highest BCUT2D eigenvalue weighted by Gasteiger charge is 2.14. The Labute approximate surface area is 113 Å². The van der Waals surface area contributed by atoms with Crippen LogP contribution in [0.25, 0.3) is 0 Å². The molecule has 4 nitrogen and oxygen atoms in total. The summed E-state index contributed by atoms with van der Waals surface area (Å²) >= 11 is 0. The predicted octanol–water partition coefficient (Wildman–Crippen LogP) is 2.50. The zero-order valence-electron chi connectivity index (χ0n) is 11.4.